The second-order valence-electron chi connectivity index (χ2n) is 0.325. The van der Waals surface area contributed by atoms with Gasteiger partial charge in [-0.05, 0) is 4.53 Å². The van der Waals surface area contributed by atoms with Crippen LogP contribution < -0.4 is 0 Å². The molecule has 0 radical (unpaired) electrons. The van der Waals surface area contributed by atoms with Crippen molar-refractivity contribution in [2.75, 3.05) is 0 Å². The summed E-state index contributed by atoms with van der Waals surface area (Å²) < 4.78 is 32.7. The Labute approximate surface area is 39.8 Å². The van der Waals surface area contributed by atoms with Crippen LogP contribution in [0.2, 0.25) is 0 Å². The van der Waals surface area contributed by atoms with Gasteiger partial charge in [0, 0.05) is 3.89 Å². The Morgan fingerprint density at radius 2 is 2.33 bits per heavy atom. The maximum atomic E-state index is 10.8. The number of hydrogen-bond donors (Lipinski definition) is 0. The first-order chi connectivity index (χ1) is 2.77. The Morgan fingerprint density at radius 3 is 2.33 bits per heavy atom. The molecule has 0 aliphatic rings. The Balaban J connectivity index is 2.63. The van der Waals surface area contributed by atoms with Gasteiger partial charge in [-0.15, -0.1) is 0 Å². The minimum atomic E-state index is -2.75. The number of hydrogen-bond acceptors (Lipinski definition) is 3. The molecule has 0 aliphatic heterocycles. The SMILES string of the molecule is [O-][S+](F)SOF. The first kappa shape index (κ1) is 6.48. The lowest BCUT2D eigenvalue weighted by atomic mass is 15.6. The topological polar surface area (TPSA) is 32.3 Å². The standard InChI is InChI=1S/F2O2S2/c1-4-5-6(2)3. The van der Waals surface area contributed by atoms with E-state index in [4.69, 9.17) is 4.55 Å². The summed E-state index contributed by atoms with van der Waals surface area (Å²) in [6.07, 6.45) is 0. The van der Waals surface area contributed by atoms with Gasteiger partial charge < -0.3 is 4.55 Å². The van der Waals surface area contributed by atoms with Gasteiger partial charge >= 0.3 is 11.1 Å². The van der Waals surface area contributed by atoms with Gasteiger partial charge in [-0.3, -0.25) is 0 Å². The van der Waals surface area contributed by atoms with Crippen LogP contribution >= 0.6 is 11.1 Å². The van der Waals surface area contributed by atoms with E-state index in [0.717, 1.165) is 0 Å². The van der Waals surface area contributed by atoms with Crippen molar-refractivity contribution in [3.63, 3.8) is 0 Å². The highest BCUT2D eigenvalue weighted by atomic mass is 33.2. The summed E-state index contributed by atoms with van der Waals surface area (Å²) in [4.78, 5) is 0. The van der Waals surface area contributed by atoms with Crippen molar-refractivity contribution >= 4 is 21.7 Å². The highest BCUT2D eigenvalue weighted by Crippen LogP contribution is 2.14. The van der Waals surface area contributed by atoms with E-state index in [1.807, 2.05) is 0 Å². The van der Waals surface area contributed by atoms with Crippen LogP contribution in [-0.2, 0) is 15.0 Å². The third kappa shape index (κ3) is 4.48. The van der Waals surface area contributed by atoms with Gasteiger partial charge in [0.05, 0.1) is 0 Å². The molecular weight excluding hydrogens is 134 g/mol. The normalized spacial score (nSPS) is 14.5. The molecule has 0 amide bonds. The lowest BCUT2D eigenvalue weighted by Crippen LogP contribution is -1.77. The highest BCUT2D eigenvalue weighted by molar-refractivity contribution is 8.68. The maximum Gasteiger partial charge on any atom is 0.339 e. The molecular formula is F2O2S2. The zero-order valence-electron chi connectivity index (χ0n) is 2.39. The van der Waals surface area contributed by atoms with E-state index in [1.54, 1.807) is 0 Å². The van der Waals surface area contributed by atoms with Crippen molar-refractivity contribution in [1.29, 1.82) is 0 Å². The first-order valence-corrected chi connectivity index (χ1v) is 3.12. The van der Waals surface area contributed by atoms with Gasteiger partial charge in [-0.2, -0.15) is 0 Å². The molecule has 2 nitrogen and oxygen atoms in total. The van der Waals surface area contributed by atoms with E-state index in [9.17, 15) is 8.41 Å². The summed E-state index contributed by atoms with van der Waals surface area (Å²) in [6, 6.07) is 0. The Morgan fingerprint density at radius 1 is 1.83 bits per heavy atom. The van der Waals surface area contributed by atoms with Crippen molar-refractivity contribution in [2.24, 2.45) is 0 Å². The van der Waals surface area contributed by atoms with Gasteiger partial charge in [0.2, 0.25) is 0 Å². The van der Waals surface area contributed by atoms with Crippen LogP contribution in [0, 0.1) is 0 Å². The zero-order valence-corrected chi connectivity index (χ0v) is 4.02. The predicted molar refractivity (Wildman–Crippen MR) is 19.0 cm³/mol. The quantitative estimate of drug-likeness (QED) is 0.322. The molecule has 0 aliphatic carbocycles. The smallest absolute Gasteiger partial charge is 0.339 e. The van der Waals surface area contributed by atoms with E-state index in [2.05, 4.69) is 4.39 Å². The van der Waals surface area contributed by atoms with E-state index in [-0.39, 0.29) is 11.1 Å². The van der Waals surface area contributed by atoms with Gasteiger partial charge in [-0.1, -0.05) is 4.39 Å². The number of halogens is 2. The average Bonchev–Trinajstić information content (AvgIpc) is 1.35. The van der Waals surface area contributed by atoms with Crippen LogP contribution in [0.25, 0.3) is 0 Å². The summed E-state index contributed by atoms with van der Waals surface area (Å²) >= 11 is -0.375. The Hall–Kier alpha value is 0.480. The molecule has 0 saturated heterocycles. The molecule has 1 unspecified atom stereocenters. The van der Waals surface area contributed by atoms with E-state index in [1.165, 1.54) is 0 Å². The highest BCUT2D eigenvalue weighted by Gasteiger charge is 2.06. The summed E-state index contributed by atoms with van der Waals surface area (Å²) in [6.45, 7) is 0. The molecule has 0 rings (SSSR count). The van der Waals surface area contributed by atoms with Crippen molar-refractivity contribution < 1.29 is 17.4 Å². The second-order valence-corrected chi connectivity index (χ2v) is 2.17. The van der Waals surface area contributed by atoms with Crippen LogP contribution in [0.3, 0.4) is 0 Å². The maximum absolute atomic E-state index is 10.8. The van der Waals surface area contributed by atoms with Crippen LogP contribution in [-0.4, -0.2) is 4.55 Å². The Kier molecular flexibility index (Phi) is 3.96. The van der Waals surface area contributed by atoms with Gasteiger partial charge in [0.1, 0.15) is 0 Å². The molecule has 38 valence electrons. The molecule has 0 aromatic rings. The van der Waals surface area contributed by atoms with Crippen molar-refractivity contribution in [1.82, 2.24) is 0 Å². The van der Waals surface area contributed by atoms with Crippen LogP contribution in [0.4, 0.5) is 8.41 Å². The average molecular weight is 134 g/mol. The number of rotatable bonds is 2. The van der Waals surface area contributed by atoms with Gasteiger partial charge in [-0.25, -0.2) is 0 Å². The molecule has 0 aromatic heterocycles. The minimum Gasteiger partial charge on any atom is -0.567 e. The monoisotopic (exact) mass is 134 g/mol. The molecule has 0 spiro atoms. The van der Waals surface area contributed by atoms with Gasteiger partial charge in [0.15, 0.2) is 0 Å². The Bertz CT molecular complexity index is 30.7. The van der Waals surface area contributed by atoms with Gasteiger partial charge in [0.25, 0.3) is 10.6 Å². The third-order valence-corrected chi connectivity index (χ3v) is 0.713. The molecule has 1 atom stereocenters. The molecule has 0 N–H and O–H groups in total. The van der Waals surface area contributed by atoms with Crippen molar-refractivity contribution in [2.45, 2.75) is 0 Å². The van der Waals surface area contributed by atoms with Crippen LogP contribution in [0.5, 0.6) is 0 Å². The van der Waals surface area contributed by atoms with E-state index >= 15 is 0 Å². The minimum absolute atomic E-state index is 0.375. The molecule has 0 bridgehead atoms. The fourth-order valence-corrected chi connectivity index (χ4v) is 0.182. The summed E-state index contributed by atoms with van der Waals surface area (Å²) in [5, 5.41) is 0. The lowest BCUT2D eigenvalue weighted by Gasteiger charge is -1.81. The summed E-state index contributed by atoms with van der Waals surface area (Å²) in [5.41, 5.74) is 0. The molecule has 0 saturated carbocycles. The van der Waals surface area contributed by atoms with Crippen molar-refractivity contribution in [3.8, 4) is 0 Å². The molecule has 0 aromatic carbocycles. The van der Waals surface area contributed by atoms with E-state index in [0.29, 0.717) is 0 Å². The summed E-state index contributed by atoms with van der Waals surface area (Å²) in [7, 11) is -2.75. The van der Waals surface area contributed by atoms with Crippen LogP contribution in [0.1, 0.15) is 0 Å². The third-order valence-electron chi connectivity index (χ3n) is 0.0792. The second kappa shape index (κ2) is 3.66. The van der Waals surface area contributed by atoms with E-state index < -0.39 is 10.6 Å². The lowest BCUT2D eigenvalue weighted by molar-refractivity contribution is 0.0256. The molecule has 6 heteroatoms. The zero-order chi connectivity index (χ0) is 4.99. The molecule has 6 heavy (non-hydrogen) atoms. The van der Waals surface area contributed by atoms with Crippen LogP contribution in [0.15, 0.2) is 0 Å². The van der Waals surface area contributed by atoms with Crippen molar-refractivity contribution in [3.05, 3.63) is 0 Å². The largest absolute Gasteiger partial charge is 0.567 e. The molecule has 0 heterocycles. The fraction of sp³-hybridized carbons (Fsp3) is 0. The fourth-order valence-electron chi connectivity index (χ4n) is 0.0202. The predicted octanol–water partition coefficient (Wildman–Crippen LogP) is 1.08. The molecule has 0 fully saturated rings. The first-order valence-electron chi connectivity index (χ1n) is 0.809. The summed E-state index contributed by atoms with van der Waals surface area (Å²) in [5.74, 6) is 0.